The summed E-state index contributed by atoms with van der Waals surface area (Å²) in [6.07, 6.45) is 1.55. The number of nitrogens with one attached hydrogen (secondary N) is 1. The second-order valence-corrected chi connectivity index (χ2v) is 5.36. The maximum absolute atomic E-state index is 11.9. The zero-order valence-corrected chi connectivity index (χ0v) is 13.1. The molecule has 2 atom stereocenters. The van der Waals surface area contributed by atoms with E-state index in [0.717, 1.165) is 6.42 Å². The molecule has 5 nitrogen and oxygen atoms in total. The quantitative estimate of drug-likeness (QED) is 0.486. The van der Waals surface area contributed by atoms with Gasteiger partial charge in [0.15, 0.2) is 0 Å². The number of carbonyl (C=O) groups is 1. The maximum atomic E-state index is 11.9. The molecule has 0 amide bonds. The Bertz CT molecular complexity index is 258. The van der Waals surface area contributed by atoms with Crippen LogP contribution in [0.1, 0.15) is 40.5 Å². The minimum absolute atomic E-state index is 0.0763. The molecule has 0 spiro atoms. The Labute approximate surface area is 117 Å². The fraction of sp³-hybridized carbons (Fsp3) is 0.929. The predicted molar refractivity (Wildman–Crippen MR) is 75.2 cm³/mol. The van der Waals surface area contributed by atoms with Gasteiger partial charge in [0.05, 0.1) is 19.8 Å². The van der Waals surface area contributed by atoms with Gasteiger partial charge in [0.1, 0.15) is 5.54 Å². The van der Waals surface area contributed by atoms with E-state index in [1.807, 2.05) is 27.7 Å². The zero-order chi connectivity index (χ0) is 14.9. The van der Waals surface area contributed by atoms with E-state index >= 15 is 0 Å². The molecule has 2 unspecified atom stereocenters. The van der Waals surface area contributed by atoms with Crippen molar-refractivity contribution in [2.24, 2.45) is 0 Å². The van der Waals surface area contributed by atoms with Crippen LogP contribution in [0.4, 0.5) is 0 Å². The first kappa shape index (κ1) is 18.4. The van der Waals surface area contributed by atoms with Crippen LogP contribution in [-0.2, 0) is 19.0 Å². The zero-order valence-electron chi connectivity index (χ0n) is 13.1. The molecule has 0 aromatic rings. The third kappa shape index (κ3) is 7.50. The third-order valence-corrected chi connectivity index (χ3v) is 2.87. The van der Waals surface area contributed by atoms with Crippen LogP contribution in [0.3, 0.4) is 0 Å². The highest BCUT2D eigenvalue weighted by molar-refractivity contribution is 5.80. The van der Waals surface area contributed by atoms with Crippen LogP contribution in [0.25, 0.3) is 0 Å². The van der Waals surface area contributed by atoms with E-state index in [0.29, 0.717) is 19.6 Å². The van der Waals surface area contributed by atoms with E-state index in [1.54, 1.807) is 7.11 Å². The lowest BCUT2D eigenvalue weighted by atomic mass is 9.95. The van der Waals surface area contributed by atoms with Gasteiger partial charge in [-0.1, -0.05) is 0 Å². The lowest BCUT2D eigenvalue weighted by Gasteiger charge is -2.30. The Morgan fingerprint density at radius 3 is 2.37 bits per heavy atom. The number of esters is 1. The Hall–Kier alpha value is -0.650. The molecule has 5 heteroatoms. The number of hydrogen-bond acceptors (Lipinski definition) is 5. The van der Waals surface area contributed by atoms with Crippen LogP contribution in [0.15, 0.2) is 0 Å². The van der Waals surface area contributed by atoms with Crippen molar-refractivity contribution in [3.8, 4) is 0 Å². The summed E-state index contributed by atoms with van der Waals surface area (Å²) in [7, 11) is 3.07. The van der Waals surface area contributed by atoms with E-state index in [4.69, 9.17) is 14.2 Å². The first-order valence-corrected chi connectivity index (χ1v) is 6.82. The van der Waals surface area contributed by atoms with Crippen LogP contribution in [-0.4, -0.2) is 51.1 Å². The van der Waals surface area contributed by atoms with E-state index < -0.39 is 5.54 Å². The first-order valence-electron chi connectivity index (χ1n) is 6.82. The average molecular weight is 275 g/mol. The number of methoxy groups -OCH3 is 2. The second kappa shape index (κ2) is 9.28. The molecule has 0 bridgehead atoms. The Balaban J connectivity index is 4.17. The highest BCUT2D eigenvalue weighted by atomic mass is 16.5. The molecule has 0 aromatic carbocycles. The summed E-state index contributed by atoms with van der Waals surface area (Å²) in [6.45, 7) is 9.05. The van der Waals surface area contributed by atoms with Gasteiger partial charge in [0.2, 0.25) is 0 Å². The van der Waals surface area contributed by atoms with Gasteiger partial charge < -0.3 is 14.2 Å². The van der Waals surface area contributed by atoms with Crippen molar-refractivity contribution in [3.63, 3.8) is 0 Å². The van der Waals surface area contributed by atoms with Gasteiger partial charge >= 0.3 is 5.97 Å². The summed E-state index contributed by atoms with van der Waals surface area (Å²) in [5.74, 6) is -0.230. The highest BCUT2D eigenvalue weighted by Crippen LogP contribution is 2.16. The van der Waals surface area contributed by atoms with Crippen LogP contribution in [0.2, 0.25) is 0 Å². The van der Waals surface area contributed by atoms with Gasteiger partial charge in [-0.15, -0.1) is 0 Å². The standard InChI is InChI=1S/C14H29NO4/c1-11(2)15-14(4,13(16)18-6)8-7-9-19-12(3)10-17-5/h11-12,15H,7-10H2,1-6H3. The van der Waals surface area contributed by atoms with Gasteiger partial charge in [-0.05, 0) is 40.5 Å². The van der Waals surface area contributed by atoms with Gasteiger partial charge in [-0.2, -0.15) is 0 Å². The molecule has 0 aromatic heterocycles. The maximum Gasteiger partial charge on any atom is 0.325 e. The summed E-state index contributed by atoms with van der Waals surface area (Å²) >= 11 is 0. The Morgan fingerprint density at radius 2 is 1.89 bits per heavy atom. The van der Waals surface area contributed by atoms with E-state index in [-0.39, 0.29) is 18.1 Å². The van der Waals surface area contributed by atoms with E-state index in [1.165, 1.54) is 7.11 Å². The average Bonchev–Trinajstić information content (AvgIpc) is 2.33. The summed E-state index contributed by atoms with van der Waals surface area (Å²) in [6, 6.07) is 0.220. The normalized spacial score (nSPS) is 16.2. The third-order valence-electron chi connectivity index (χ3n) is 2.87. The topological polar surface area (TPSA) is 56.8 Å². The van der Waals surface area contributed by atoms with Crippen LogP contribution < -0.4 is 5.32 Å². The number of rotatable bonds is 10. The Morgan fingerprint density at radius 1 is 1.26 bits per heavy atom. The monoisotopic (exact) mass is 275 g/mol. The van der Waals surface area contributed by atoms with E-state index in [9.17, 15) is 4.79 Å². The van der Waals surface area contributed by atoms with Crippen LogP contribution >= 0.6 is 0 Å². The van der Waals surface area contributed by atoms with Gasteiger partial charge in [-0.25, -0.2) is 0 Å². The molecule has 19 heavy (non-hydrogen) atoms. The molecule has 0 radical (unpaired) electrons. The number of hydrogen-bond donors (Lipinski definition) is 1. The minimum Gasteiger partial charge on any atom is -0.468 e. The molecule has 0 saturated heterocycles. The number of ether oxygens (including phenoxy) is 3. The molecule has 114 valence electrons. The van der Waals surface area contributed by atoms with Crippen LogP contribution in [0.5, 0.6) is 0 Å². The van der Waals surface area contributed by atoms with Gasteiger partial charge in [-0.3, -0.25) is 10.1 Å². The molecule has 1 N–H and O–H groups in total. The molecule has 0 aliphatic carbocycles. The molecule has 0 saturated carbocycles. The first-order chi connectivity index (χ1) is 8.85. The van der Waals surface area contributed by atoms with Gasteiger partial charge in [0, 0.05) is 19.8 Å². The highest BCUT2D eigenvalue weighted by Gasteiger charge is 2.34. The Kier molecular flexibility index (Phi) is 8.97. The van der Waals surface area contributed by atoms with Crippen molar-refractivity contribution in [1.29, 1.82) is 0 Å². The molecule has 0 fully saturated rings. The van der Waals surface area contributed by atoms with Gasteiger partial charge in [0.25, 0.3) is 0 Å². The molecule has 0 aliphatic heterocycles. The van der Waals surface area contributed by atoms with E-state index in [2.05, 4.69) is 5.32 Å². The van der Waals surface area contributed by atoms with Crippen molar-refractivity contribution < 1.29 is 19.0 Å². The fourth-order valence-corrected chi connectivity index (χ4v) is 2.09. The molecular formula is C14H29NO4. The summed E-state index contributed by atoms with van der Waals surface area (Å²) in [4.78, 5) is 11.9. The van der Waals surface area contributed by atoms with Crippen molar-refractivity contribution in [3.05, 3.63) is 0 Å². The molecular weight excluding hydrogens is 246 g/mol. The number of carbonyl (C=O) groups excluding carboxylic acids is 1. The summed E-state index contributed by atoms with van der Waals surface area (Å²) < 4.78 is 15.5. The lowest BCUT2D eigenvalue weighted by Crippen LogP contribution is -2.53. The SMILES string of the molecule is COCC(C)OCCCC(C)(NC(C)C)C(=O)OC. The van der Waals surface area contributed by atoms with Crippen molar-refractivity contribution in [1.82, 2.24) is 5.32 Å². The largest absolute Gasteiger partial charge is 0.468 e. The summed E-state index contributed by atoms with van der Waals surface area (Å²) in [5.41, 5.74) is -0.656. The smallest absolute Gasteiger partial charge is 0.325 e. The predicted octanol–water partition coefficient (Wildman–Crippen LogP) is 1.75. The molecule has 0 heterocycles. The minimum atomic E-state index is -0.656. The molecule has 0 rings (SSSR count). The van der Waals surface area contributed by atoms with Crippen molar-refractivity contribution in [2.75, 3.05) is 27.4 Å². The summed E-state index contributed by atoms with van der Waals surface area (Å²) in [5, 5.41) is 3.27. The van der Waals surface area contributed by atoms with Crippen molar-refractivity contribution in [2.45, 2.75) is 58.2 Å². The molecule has 0 aliphatic rings. The second-order valence-electron chi connectivity index (χ2n) is 5.36. The van der Waals surface area contributed by atoms with Crippen molar-refractivity contribution >= 4 is 5.97 Å². The fourth-order valence-electron chi connectivity index (χ4n) is 2.09. The van der Waals surface area contributed by atoms with Crippen LogP contribution in [0, 0.1) is 0 Å². The lowest BCUT2D eigenvalue weighted by molar-refractivity contribution is -0.148.